The summed E-state index contributed by atoms with van der Waals surface area (Å²) in [5.41, 5.74) is 0.827. The molecular weight excluding hydrogens is 242 g/mol. The molecule has 1 atom stereocenters. The number of hydrogen-bond acceptors (Lipinski definition) is 4. The number of ether oxygens (including phenoxy) is 2. The normalized spacial score (nSPS) is 12.5. The van der Waals surface area contributed by atoms with Crippen LogP contribution in [0.5, 0.6) is 11.5 Å². The van der Waals surface area contributed by atoms with Crippen LogP contribution in [0.25, 0.3) is 0 Å². The molecule has 0 aliphatic rings. The standard InChI is InChI=1S/C15H25NO3/c1-5-16(6-2)9-10-19-14-8-7-13(12(3)17)11-15(14)18-4/h7-8,11-12,17H,5-6,9-10H2,1-4H3/t12-/m0/s1. The Morgan fingerprint density at radius 3 is 2.42 bits per heavy atom. The molecule has 0 radical (unpaired) electrons. The topological polar surface area (TPSA) is 41.9 Å². The summed E-state index contributed by atoms with van der Waals surface area (Å²) in [5, 5.41) is 9.54. The Hall–Kier alpha value is -1.26. The lowest BCUT2D eigenvalue weighted by molar-refractivity contribution is 0.197. The fraction of sp³-hybridized carbons (Fsp3) is 0.600. The lowest BCUT2D eigenvalue weighted by Gasteiger charge is -2.19. The van der Waals surface area contributed by atoms with Gasteiger partial charge in [-0.3, -0.25) is 0 Å². The van der Waals surface area contributed by atoms with Gasteiger partial charge >= 0.3 is 0 Å². The summed E-state index contributed by atoms with van der Waals surface area (Å²) >= 11 is 0. The average molecular weight is 267 g/mol. The molecule has 4 nitrogen and oxygen atoms in total. The lowest BCUT2D eigenvalue weighted by Crippen LogP contribution is -2.27. The number of hydrogen-bond donors (Lipinski definition) is 1. The van der Waals surface area contributed by atoms with Gasteiger partial charge in [-0.2, -0.15) is 0 Å². The minimum Gasteiger partial charge on any atom is -0.493 e. The molecule has 1 aromatic carbocycles. The molecule has 0 aliphatic heterocycles. The van der Waals surface area contributed by atoms with E-state index in [1.807, 2.05) is 18.2 Å². The van der Waals surface area contributed by atoms with Gasteiger partial charge in [-0.05, 0) is 37.7 Å². The number of benzene rings is 1. The minimum absolute atomic E-state index is 0.501. The van der Waals surface area contributed by atoms with Gasteiger partial charge in [0.05, 0.1) is 13.2 Å². The van der Waals surface area contributed by atoms with Crippen LogP contribution in [0.4, 0.5) is 0 Å². The van der Waals surface area contributed by atoms with Gasteiger partial charge < -0.3 is 19.5 Å². The van der Waals surface area contributed by atoms with Gasteiger partial charge in [-0.1, -0.05) is 19.9 Å². The molecule has 0 saturated carbocycles. The zero-order valence-electron chi connectivity index (χ0n) is 12.3. The number of aliphatic hydroxyl groups excluding tert-OH is 1. The van der Waals surface area contributed by atoms with E-state index in [2.05, 4.69) is 18.7 Å². The smallest absolute Gasteiger partial charge is 0.161 e. The highest BCUT2D eigenvalue weighted by Gasteiger charge is 2.09. The maximum Gasteiger partial charge on any atom is 0.161 e. The zero-order valence-corrected chi connectivity index (χ0v) is 12.3. The Morgan fingerprint density at radius 1 is 1.21 bits per heavy atom. The predicted octanol–water partition coefficient (Wildman–Crippen LogP) is 2.47. The van der Waals surface area contributed by atoms with Crippen molar-refractivity contribution in [3.05, 3.63) is 23.8 Å². The molecule has 0 spiro atoms. The predicted molar refractivity (Wildman–Crippen MR) is 76.9 cm³/mol. The van der Waals surface area contributed by atoms with E-state index >= 15 is 0 Å². The van der Waals surface area contributed by atoms with E-state index in [1.54, 1.807) is 14.0 Å². The Bertz CT molecular complexity index is 376. The maximum absolute atomic E-state index is 9.54. The molecular formula is C15H25NO3. The largest absolute Gasteiger partial charge is 0.493 e. The van der Waals surface area contributed by atoms with Gasteiger partial charge in [0.15, 0.2) is 11.5 Å². The van der Waals surface area contributed by atoms with Crippen LogP contribution in [0, 0.1) is 0 Å². The van der Waals surface area contributed by atoms with Crippen LogP contribution < -0.4 is 9.47 Å². The Balaban J connectivity index is 2.63. The van der Waals surface area contributed by atoms with E-state index in [9.17, 15) is 5.11 Å². The number of nitrogens with zero attached hydrogens (tertiary/aromatic N) is 1. The molecule has 0 amide bonds. The highest BCUT2D eigenvalue weighted by molar-refractivity contribution is 5.43. The van der Waals surface area contributed by atoms with Gasteiger partial charge in [0, 0.05) is 6.54 Å². The molecule has 0 fully saturated rings. The number of methoxy groups -OCH3 is 1. The van der Waals surface area contributed by atoms with Crippen molar-refractivity contribution >= 4 is 0 Å². The lowest BCUT2D eigenvalue weighted by atomic mass is 10.1. The zero-order chi connectivity index (χ0) is 14.3. The van der Waals surface area contributed by atoms with Gasteiger partial charge in [-0.15, -0.1) is 0 Å². The van der Waals surface area contributed by atoms with Gasteiger partial charge in [0.2, 0.25) is 0 Å². The van der Waals surface area contributed by atoms with Crippen LogP contribution in [0.2, 0.25) is 0 Å². The molecule has 0 unspecified atom stereocenters. The van der Waals surface area contributed by atoms with E-state index < -0.39 is 6.10 Å². The number of aliphatic hydroxyl groups is 1. The molecule has 0 aliphatic carbocycles. The van der Waals surface area contributed by atoms with Crippen LogP contribution in [-0.2, 0) is 0 Å². The van der Waals surface area contributed by atoms with Crippen LogP contribution in [-0.4, -0.2) is 43.4 Å². The summed E-state index contributed by atoms with van der Waals surface area (Å²) in [4.78, 5) is 2.30. The van der Waals surface area contributed by atoms with Gasteiger partial charge in [-0.25, -0.2) is 0 Å². The van der Waals surface area contributed by atoms with Crippen molar-refractivity contribution in [3.63, 3.8) is 0 Å². The van der Waals surface area contributed by atoms with Crippen molar-refractivity contribution in [2.24, 2.45) is 0 Å². The van der Waals surface area contributed by atoms with Crippen molar-refractivity contribution in [2.45, 2.75) is 26.9 Å². The SMILES string of the molecule is CCN(CC)CCOc1ccc([C@H](C)O)cc1OC. The molecule has 4 heteroatoms. The molecule has 1 aromatic rings. The summed E-state index contributed by atoms with van der Waals surface area (Å²) in [6.07, 6.45) is -0.501. The Labute approximate surface area is 115 Å². The molecule has 19 heavy (non-hydrogen) atoms. The minimum atomic E-state index is -0.501. The van der Waals surface area contributed by atoms with Crippen LogP contribution in [0.1, 0.15) is 32.4 Å². The molecule has 0 heterocycles. The molecule has 1 N–H and O–H groups in total. The third kappa shape index (κ3) is 4.73. The van der Waals surface area contributed by atoms with E-state index in [1.165, 1.54) is 0 Å². The van der Waals surface area contributed by atoms with E-state index in [0.717, 1.165) is 30.9 Å². The third-order valence-electron chi connectivity index (χ3n) is 3.23. The Morgan fingerprint density at radius 2 is 1.89 bits per heavy atom. The highest BCUT2D eigenvalue weighted by Crippen LogP contribution is 2.30. The fourth-order valence-corrected chi connectivity index (χ4v) is 1.89. The first-order chi connectivity index (χ1) is 9.12. The maximum atomic E-state index is 9.54. The van der Waals surface area contributed by atoms with Crippen LogP contribution >= 0.6 is 0 Å². The monoisotopic (exact) mass is 267 g/mol. The fourth-order valence-electron chi connectivity index (χ4n) is 1.89. The van der Waals surface area contributed by atoms with E-state index in [-0.39, 0.29) is 0 Å². The number of likely N-dealkylation sites (N-methyl/N-ethyl adjacent to an activating group) is 1. The third-order valence-corrected chi connectivity index (χ3v) is 3.23. The second-order valence-corrected chi connectivity index (χ2v) is 4.46. The van der Waals surface area contributed by atoms with Crippen molar-refractivity contribution in [2.75, 3.05) is 33.4 Å². The first-order valence-corrected chi connectivity index (χ1v) is 6.83. The van der Waals surface area contributed by atoms with E-state index in [4.69, 9.17) is 9.47 Å². The van der Waals surface area contributed by atoms with E-state index in [0.29, 0.717) is 12.4 Å². The summed E-state index contributed by atoms with van der Waals surface area (Å²) in [7, 11) is 1.61. The molecule has 1 rings (SSSR count). The van der Waals surface area contributed by atoms with Gasteiger partial charge in [0.1, 0.15) is 6.61 Å². The highest BCUT2D eigenvalue weighted by atomic mass is 16.5. The second kappa shape index (κ2) is 8.02. The molecule has 0 bridgehead atoms. The second-order valence-electron chi connectivity index (χ2n) is 4.46. The summed E-state index contributed by atoms with van der Waals surface area (Å²) in [6.45, 7) is 9.59. The quantitative estimate of drug-likeness (QED) is 0.785. The molecule has 0 saturated heterocycles. The first kappa shape index (κ1) is 15.8. The summed E-state index contributed by atoms with van der Waals surface area (Å²) in [5.74, 6) is 1.39. The van der Waals surface area contributed by atoms with Gasteiger partial charge in [0.25, 0.3) is 0 Å². The Kier molecular flexibility index (Phi) is 6.67. The number of rotatable bonds is 8. The first-order valence-electron chi connectivity index (χ1n) is 6.83. The van der Waals surface area contributed by atoms with Crippen molar-refractivity contribution < 1.29 is 14.6 Å². The summed E-state index contributed by atoms with van der Waals surface area (Å²) < 4.78 is 11.0. The average Bonchev–Trinajstić information content (AvgIpc) is 2.43. The summed E-state index contributed by atoms with van der Waals surface area (Å²) in [6, 6.07) is 5.53. The molecule has 108 valence electrons. The van der Waals surface area contributed by atoms with Crippen molar-refractivity contribution in [1.29, 1.82) is 0 Å². The van der Waals surface area contributed by atoms with Crippen molar-refractivity contribution in [3.8, 4) is 11.5 Å². The van der Waals surface area contributed by atoms with Crippen LogP contribution in [0.15, 0.2) is 18.2 Å². The van der Waals surface area contributed by atoms with Crippen LogP contribution in [0.3, 0.4) is 0 Å². The van der Waals surface area contributed by atoms with Crippen molar-refractivity contribution in [1.82, 2.24) is 4.90 Å². The molecule has 0 aromatic heterocycles.